The maximum Gasteiger partial charge on any atom is 0.416 e. The van der Waals surface area contributed by atoms with E-state index in [0.29, 0.717) is 5.69 Å². The number of carbonyl (C=O) groups is 1. The number of alkyl halides is 3. The van der Waals surface area contributed by atoms with Crippen molar-refractivity contribution in [3.05, 3.63) is 36.5 Å². The normalized spacial score (nSPS) is 12.0. The van der Waals surface area contributed by atoms with E-state index in [-0.39, 0.29) is 5.82 Å². The molecule has 0 aliphatic carbocycles. The lowest BCUT2D eigenvalue weighted by molar-refractivity contribution is -0.212. The van der Waals surface area contributed by atoms with Crippen LogP contribution in [-0.2, 0) is 0 Å². The highest BCUT2D eigenvalue weighted by Crippen LogP contribution is 2.29. The van der Waals surface area contributed by atoms with Crippen molar-refractivity contribution in [2.45, 2.75) is 11.7 Å². The molecule has 130 valence electrons. The second-order valence-electron chi connectivity index (χ2n) is 4.83. The quantitative estimate of drug-likeness (QED) is 0.636. The van der Waals surface area contributed by atoms with Gasteiger partial charge in [-0.05, 0) is 12.1 Å². The van der Waals surface area contributed by atoms with Crippen LogP contribution in [0.2, 0.25) is 0 Å². The number of nitrogens with one attached hydrogen (secondary N) is 2. The van der Waals surface area contributed by atoms with E-state index < -0.39 is 31.0 Å². The molecule has 8 nitrogen and oxygen atoms in total. The summed E-state index contributed by atoms with van der Waals surface area (Å²) < 4.78 is 38.7. The Balaban J connectivity index is 2.09. The van der Waals surface area contributed by atoms with E-state index in [9.17, 15) is 18.0 Å². The summed E-state index contributed by atoms with van der Waals surface area (Å²) in [4.78, 5) is 12.9. The van der Waals surface area contributed by atoms with Gasteiger partial charge in [0, 0.05) is 0 Å². The molecule has 0 bridgehead atoms. The summed E-state index contributed by atoms with van der Waals surface area (Å²) in [5, 5.41) is 29.2. The fourth-order valence-electron chi connectivity index (χ4n) is 1.75. The molecular weight excluding hydrogens is 331 g/mol. The minimum Gasteiger partial charge on any atom is -0.393 e. The molecule has 0 saturated carbocycles. The Hall–Kier alpha value is -2.66. The van der Waals surface area contributed by atoms with Gasteiger partial charge >= 0.3 is 12.2 Å². The van der Waals surface area contributed by atoms with E-state index in [0.717, 1.165) is 6.20 Å². The van der Waals surface area contributed by atoms with Crippen molar-refractivity contribution in [1.29, 1.82) is 0 Å². The molecule has 0 fully saturated rings. The Morgan fingerprint density at radius 3 is 2.33 bits per heavy atom. The number of hydrogen-bond donors (Lipinski definition) is 4. The summed E-state index contributed by atoms with van der Waals surface area (Å²) in [6.45, 7) is -3.03. The van der Waals surface area contributed by atoms with E-state index in [1.165, 1.54) is 10.1 Å². The van der Waals surface area contributed by atoms with Crippen molar-refractivity contribution in [1.82, 2.24) is 20.3 Å². The van der Waals surface area contributed by atoms with Crippen LogP contribution in [0, 0.1) is 0 Å². The van der Waals surface area contributed by atoms with Crippen molar-refractivity contribution >= 4 is 11.8 Å². The van der Waals surface area contributed by atoms with Crippen molar-refractivity contribution in [3.63, 3.8) is 0 Å². The maximum atomic E-state index is 12.9. The van der Waals surface area contributed by atoms with Gasteiger partial charge in [0.05, 0.1) is 25.1 Å². The van der Waals surface area contributed by atoms with Crippen LogP contribution in [0.3, 0.4) is 0 Å². The summed E-state index contributed by atoms with van der Waals surface area (Å²) in [5.41, 5.74) is -2.58. The molecule has 2 aromatic rings. The largest absolute Gasteiger partial charge is 0.416 e. The molecule has 1 heterocycles. The van der Waals surface area contributed by atoms with E-state index in [2.05, 4.69) is 15.5 Å². The van der Waals surface area contributed by atoms with Gasteiger partial charge in [0.25, 0.3) is 0 Å². The second-order valence-corrected chi connectivity index (χ2v) is 4.83. The Bertz CT molecular complexity index is 686. The van der Waals surface area contributed by atoms with Crippen molar-refractivity contribution in [2.24, 2.45) is 0 Å². The maximum absolute atomic E-state index is 12.9. The Kier molecular flexibility index (Phi) is 5.04. The fraction of sp³-hybridized carbons (Fsp3) is 0.308. The molecule has 4 N–H and O–H groups in total. The van der Waals surface area contributed by atoms with Gasteiger partial charge in [0.1, 0.15) is 0 Å². The lowest BCUT2D eigenvalue weighted by atomic mass is 10.0. The molecule has 0 atom stereocenters. The van der Waals surface area contributed by atoms with Gasteiger partial charge in [-0.15, -0.1) is 9.90 Å². The first kappa shape index (κ1) is 17.7. The molecule has 0 unspecified atom stereocenters. The van der Waals surface area contributed by atoms with E-state index in [4.69, 9.17) is 10.2 Å². The molecule has 1 aromatic heterocycles. The van der Waals surface area contributed by atoms with Gasteiger partial charge in [0.15, 0.2) is 11.4 Å². The number of carbonyl (C=O) groups excluding carboxylic acids is 1. The minimum absolute atomic E-state index is 0.108. The average Bonchev–Trinajstić information content (AvgIpc) is 3.00. The molecule has 2 rings (SSSR count). The highest BCUT2D eigenvalue weighted by atomic mass is 19.4. The Morgan fingerprint density at radius 1 is 1.17 bits per heavy atom. The highest BCUT2D eigenvalue weighted by molar-refractivity contribution is 5.88. The molecule has 0 saturated heterocycles. The van der Waals surface area contributed by atoms with Crippen LogP contribution in [0.1, 0.15) is 0 Å². The first-order valence-corrected chi connectivity index (χ1v) is 6.67. The monoisotopic (exact) mass is 345 g/mol. The molecular formula is C13H14F3N5O3. The molecule has 0 radical (unpaired) electrons. The summed E-state index contributed by atoms with van der Waals surface area (Å²) in [6.07, 6.45) is -3.91. The molecule has 2 amide bonds. The molecule has 24 heavy (non-hydrogen) atoms. The predicted molar refractivity (Wildman–Crippen MR) is 76.5 cm³/mol. The molecule has 11 heteroatoms. The number of para-hydroxylation sites is 1. The van der Waals surface area contributed by atoms with Crippen molar-refractivity contribution < 1.29 is 28.2 Å². The number of nitrogens with zero attached hydrogens (tertiary/aromatic N) is 3. The average molecular weight is 345 g/mol. The number of hydrogen-bond acceptors (Lipinski definition) is 5. The predicted octanol–water partition coefficient (Wildman–Crippen LogP) is 0.674. The lowest BCUT2D eigenvalue weighted by Crippen LogP contribution is -2.64. The first-order valence-electron chi connectivity index (χ1n) is 6.67. The van der Waals surface area contributed by atoms with Gasteiger partial charge in [-0.25, -0.2) is 4.79 Å². The third kappa shape index (κ3) is 3.63. The highest BCUT2D eigenvalue weighted by Gasteiger charge is 2.55. The Morgan fingerprint density at radius 2 is 1.79 bits per heavy atom. The molecule has 1 aromatic carbocycles. The third-order valence-corrected chi connectivity index (χ3v) is 3.16. The van der Waals surface area contributed by atoms with E-state index in [1.54, 1.807) is 30.3 Å². The zero-order valence-electron chi connectivity index (χ0n) is 12.2. The summed E-state index contributed by atoms with van der Waals surface area (Å²) in [5.74, 6) is -0.108. The number of urea groups is 1. The van der Waals surface area contributed by atoms with Gasteiger partial charge in [0.2, 0.25) is 0 Å². The summed E-state index contributed by atoms with van der Waals surface area (Å²) >= 11 is 0. The van der Waals surface area contributed by atoms with Crippen molar-refractivity contribution in [2.75, 3.05) is 18.5 Å². The number of halogens is 3. The number of amides is 2. The number of aromatic nitrogens is 3. The van der Waals surface area contributed by atoms with Crippen LogP contribution in [0.4, 0.5) is 23.8 Å². The zero-order chi connectivity index (χ0) is 17.8. The minimum atomic E-state index is -5.05. The van der Waals surface area contributed by atoms with Gasteiger partial charge in [-0.3, -0.25) is 5.32 Å². The Labute approximate surface area is 133 Å². The van der Waals surface area contributed by atoms with Gasteiger partial charge in [-0.1, -0.05) is 18.2 Å². The zero-order valence-corrected chi connectivity index (χ0v) is 12.2. The number of aliphatic hydroxyl groups excluding tert-OH is 2. The molecule has 0 aliphatic rings. The third-order valence-electron chi connectivity index (χ3n) is 3.16. The van der Waals surface area contributed by atoms with Gasteiger partial charge < -0.3 is 15.5 Å². The first-order chi connectivity index (χ1) is 11.3. The smallest absolute Gasteiger partial charge is 0.393 e. The number of benzene rings is 1. The summed E-state index contributed by atoms with van der Waals surface area (Å²) in [6, 6.07) is 7.33. The SMILES string of the molecule is O=C(Nc1cnn(-c2ccccc2)n1)NC(CO)(CO)C(F)(F)F. The molecule has 0 spiro atoms. The lowest BCUT2D eigenvalue weighted by Gasteiger charge is -2.32. The fourth-order valence-corrected chi connectivity index (χ4v) is 1.75. The van der Waals surface area contributed by atoms with Crippen LogP contribution in [0.25, 0.3) is 5.69 Å². The molecule has 0 aliphatic heterocycles. The second kappa shape index (κ2) is 6.84. The van der Waals surface area contributed by atoms with Crippen LogP contribution in [-0.4, -0.2) is 56.2 Å². The summed E-state index contributed by atoms with van der Waals surface area (Å²) in [7, 11) is 0. The van der Waals surface area contributed by atoms with E-state index in [1.807, 2.05) is 0 Å². The van der Waals surface area contributed by atoms with Crippen LogP contribution in [0.15, 0.2) is 36.5 Å². The van der Waals surface area contributed by atoms with Crippen LogP contribution >= 0.6 is 0 Å². The van der Waals surface area contributed by atoms with E-state index >= 15 is 0 Å². The topological polar surface area (TPSA) is 112 Å². The van der Waals surface area contributed by atoms with Crippen molar-refractivity contribution in [3.8, 4) is 5.69 Å². The number of aliphatic hydroxyl groups is 2. The number of rotatable bonds is 5. The van der Waals surface area contributed by atoms with Crippen LogP contribution in [0.5, 0.6) is 0 Å². The number of anilines is 1. The van der Waals surface area contributed by atoms with Gasteiger partial charge in [-0.2, -0.15) is 18.3 Å². The standard InChI is InChI=1S/C13H14F3N5O3/c14-13(15,16)12(7-22,8-23)19-11(24)18-10-6-17-21(20-10)9-4-2-1-3-5-9/h1-6,22-23H,7-8H2,(H2,18,19,20,24). The van der Waals surface area contributed by atoms with Crippen LogP contribution < -0.4 is 10.6 Å².